The third-order valence-corrected chi connectivity index (χ3v) is 4.03. The van der Waals surface area contributed by atoms with Crippen molar-refractivity contribution >= 4 is 17.8 Å². The van der Waals surface area contributed by atoms with Gasteiger partial charge in [-0.2, -0.15) is 0 Å². The van der Waals surface area contributed by atoms with Crippen LogP contribution in [0.4, 0.5) is 0 Å². The minimum atomic E-state index is -0.423. The predicted octanol–water partition coefficient (Wildman–Crippen LogP) is 2.62. The molecule has 6 nitrogen and oxygen atoms in total. The van der Waals surface area contributed by atoms with Gasteiger partial charge in [-0.15, -0.1) is 0 Å². The summed E-state index contributed by atoms with van der Waals surface area (Å²) >= 11 is 0. The van der Waals surface area contributed by atoms with Crippen molar-refractivity contribution in [2.24, 2.45) is 0 Å². The number of esters is 1. The van der Waals surface area contributed by atoms with E-state index in [4.69, 9.17) is 4.74 Å². The van der Waals surface area contributed by atoms with Crippen LogP contribution in [0.3, 0.4) is 0 Å². The molecule has 3 rings (SSSR count). The normalized spacial score (nSPS) is 13.1. The lowest BCUT2D eigenvalue weighted by Gasteiger charge is -2.13. The fraction of sp³-hybridized carbons (Fsp3) is 0.263. The van der Waals surface area contributed by atoms with Crippen LogP contribution in [0.15, 0.2) is 42.6 Å². The number of aromatic nitrogens is 1. The molecule has 2 heterocycles. The summed E-state index contributed by atoms with van der Waals surface area (Å²) in [5.41, 5.74) is 2.14. The number of fused-ring (bicyclic) bond motifs is 1. The third-order valence-electron chi connectivity index (χ3n) is 4.03. The monoisotopic (exact) mass is 338 g/mol. The van der Waals surface area contributed by atoms with Gasteiger partial charge in [0.2, 0.25) is 0 Å². The van der Waals surface area contributed by atoms with E-state index in [0.717, 1.165) is 5.69 Å². The third kappa shape index (κ3) is 3.57. The van der Waals surface area contributed by atoms with E-state index < -0.39 is 5.97 Å². The Hall–Kier alpha value is -3.02. The molecule has 1 aliphatic heterocycles. The van der Waals surface area contributed by atoms with Gasteiger partial charge < -0.3 is 4.74 Å². The van der Waals surface area contributed by atoms with E-state index in [1.807, 2.05) is 6.92 Å². The van der Waals surface area contributed by atoms with Crippen LogP contribution in [-0.2, 0) is 4.74 Å². The van der Waals surface area contributed by atoms with Crippen LogP contribution in [0, 0.1) is 6.92 Å². The van der Waals surface area contributed by atoms with E-state index in [9.17, 15) is 14.4 Å². The zero-order valence-electron chi connectivity index (χ0n) is 13.9. The Morgan fingerprint density at radius 3 is 2.32 bits per heavy atom. The predicted molar refractivity (Wildman–Crippen MR) is 90.3 cm³/mol. The van der Waals surface area contributed by atoms with Crippen molar-refractivity contribution in [1.82, 2.24) is 9.88 Å². The summed E-state index contributed by atoms with van der Waals surface area (Å²) < 4.78 is 5.18. The van der Waals surface area contributed by atoms with E-state index >= 15 is 0 Å². The van der Waals surface area contributed by atoms with Gasteiger partial charge in [-0.1, -0.05) is 12.1 Å². The van der Waals surface area contributed by atoms with Gasteiger partial charge in [-0.25, -0.2) is 4.79 Å². The Labute approximate surface area is 145 Å². The summed E-state index contributed by atoms with van der Waals surface area (Å²) in [5, 5.41) is 0. The van der Waals surface area contributed by atoms with Crippen LogP contribution in [-0.4, -0.2) is 40.8 Å². The number of pyridine rings is 1. The first-order valence-corrected chi connectivity index (χ1v) is 8.13. The molecule has 1 aliphatic rings. The highest BCUT2D eigenvalue weighted by Crippen LogP contribution is 2.22. The second-order valence-corrected chi connectivity index (χ2v) is 5.84. The first kappa shape index (κ1) is 16.8. The van der Waals surface area contributed by atoms with E-state index in [-0.39, 0.29) is 18.4 Å². The average Bonchev–Trinajstić information content (AvgIpc) is 2.87. The number of rotatable bonds is 6. The molecule has 0 bridgehead atoms. The standard InChI is InChI=1S/C19H18N2O4/c1-13-8-9-14(12-20-13)19(24)25-11-5-4-10-21-17(22)15-6-2-3-7-16(15)18(21)23/h2-3,6-9,12H,4-5,10-11H2,1H3. The van der Waals surface area contributed by atoms with Crippen LogP contribution in [0.2, 0.25) is 0 Å². The molecule has 0 N–H and O–H groups in total. The van der Waals surface area contributed by atoms with Crippen LogP contribution < -0.4 is 0 Å². The molecule has 0 atom stereocenters. The van der Waals surface area contributed by atoms with Crippen molar-refractivity contribution in [3.8, 4) is 0 Å². The van der Waals surface area contributed by atoms with Gasteiger partial charge in [0.25, 0.3) is 11.8 Å². The second kappa shape index (κ2) is 7.25. The van der Waals surface area contributed by atoms with E-state index in [1.165, 1.54) is 11.1 Å². The lowest BCUT2D eigenvalue weighted by atomic mass is 10.1. The lowest BCUT2D eigenvalue weighted by Crippen LogP contribution is -2.30. The van der Waals surface area contributed by atoms with Gasteiger partial charge in [-0.3, -0.25) is 19.5 Å². The van der Waals surface area contributed by atoms with E-state index in [0.29, 0.717) is 36.1 Å². The number of ether oxygens (including phenoxy) is 1. The molecule has 6 heteroatoms. The maximum Gasteiger partial charge on any atom is 0.339 e. The fourth-order valence-corrected chi connectivity index (χ4v) is 2.65. The fourth-order valence-electron chi connectivity index (χ4n) is 2.65. The largest absolute Gasteiger partial charge is 0.462 e. The molecular formula is C19H18N2O4. The molecule has 0 aliphatic carbocycles. The topological polar surface area (TPSA) is 76.6 Å². The summed E-state index contributed by atoms with van der Waals surface area (Å²) in [4.78, 5) is 41.6. The maximum absolute atomic E-state index is 12.2. The van der Waals surface area contributed by atoms with Gasteiger partial charge in [0.15, 0.2) is 0 Å². The highest BCUT2D eigenvalue weighted by atomic mass is 16.5. The van der Waals surface area contributed by atoms with Crippen LogP contribution in [0.25, 0.3) is 0 Å². The molecule has 0 radical (unpaired) electrons. The first-order valence-electron chi connectivity index (χ1n) is 8.13. The molecule has 2 amide bonds. The summed E-state index contributed by atoms with van der Waals surface area (Å²) in [6, 6.07) is 10.2. The van der Waals surface area contributed by atoms with Gasteiger partial charge in [0, 0.05) is 18.4 Å². The zero-order chi connectivity index (χ0) is 17.8. The zero-order valence-corrected chi connectivity index (χ0v) is 13.9. The molecule has 0 spiro atoms. The minimum Gasteiger partial charge on any atom is -0.462 e. The number of benzene rings is 1. The molecule has 1 aromatic heterocycles. The molecule has 1 aromatic carbocycles. The van der Waals surface area contributed by atoms with Crippen molar-refractivity contribution < 1.29 is 19.1 Å². The molecule has 0 saturated carbocycles. The highest BCUT2D eigenvalue weighted by molar-refractivity contribution is 6.21. The minimum absolute atomic E-state index is 0.232. The average molecular weight is 338 g/mol. The summed E-state index contributed by atoms with van der Waals surface area (Å²) in [5.74, 6) is -0.945. The molecule has 25 heavy (non-hydrogen) atoms. The Balaban J connectivity index is 1.44. The maximum atomic E-state index is 12.2. The van der Waals surface area contributed by atoms with Crippen LogP contribution in [0.1, 0.15) is 49.6 Å². The number of amides is 2. The number of hydrogen-bond acceptors (Lipinski definition) is 5. The summed E-state index contributed by atoms with van der Waals surface area (Å²) in [6.45, 7) is 2.39. The molecular weight excluding hydrogens is 320 g/mol. The molecule has 0 unspecified atom stereocenters. The number of aryl methyl sites for hydroxylation is 1. The number of hydrogen-bond donors (Lipinski definition) is 0. The second-order valence-electron chi connectivity index (χ2n) is 5.84. The van der Waals surface area contributed by atoms with E-state index in [1.54, 1.807) is 36.4 Å². The number of carbonyl (C=O) groups is 3. The number of carbonyl (C=O) groups excluding carboxylic acids is 3. The number of unbranched alkanes of at least 4 members (excludes halogenated alkanes) is 1. The van der Waals surface area contributed by atoms with E-state index in [2.05, 4.69) is 4.98 Å². The number of imide groups is 1. The van der Waals surface area contributed by atoms with Gasteiger partial charge in [0.1, 0.15) is 0 Å². The summed E-state index contributed by atoms with van der Waals surface area (Å²) in [6.07, 6.45) is 2.62. The van der Waals surface area contributed by atoms with Crippen molar-refractivity contribution in [2.75, 3.05) is 13.2 Å². The Morgan fingerprint density at radius 1 is 1.04 bits per heavy atom. The van der Waals surface area contributed by atoms with Crippen molar-refractivity contribution in [3.63, 3.8) is 0 Å². The Morgan fingerprint density at radius 2 is 1.72 bits per heavy atom. The van der Waals surface area contributed by atoms with Gasteiger partial charge in [-0.05, 0) is 44.0 Å². The lowest BCUT2D eigenvalue weighted by molar-refractivity contribution is 0.0485. The summed E-state index contributed by atoms with van der Waals surface area (Å²) in [7, 11) is 0. The Kier molecular flexibility index (Phi) is 4.88. The Bertz CT molecular complexity index is 779. The smallest absolute Gasteiger partial charge is 0.339 e. The van der Waals surface area contributed by atoms with Gasteiger partial charge >= 0.3 is 5.97 Å². The SMILES string of the molecule is Cc1ccc(C(=O)OCCCCN2C(=O)c3ccccc3C2=O)cn1. The molecule has 0 saturated heterocycles. The van der Waals surface area contributed by atoms with Gasteiger partial charge in [0.05, 0.1) is 23.3 Å². The van der Waals surface area contributed by atoms with Crippen molar-refractivity contribution in [2.45, 2.75) is 19.8 Å². The van der Waals surface area contributed by atoms with Crippen LogP contribution in [0.5, 0.6) is 0 Å². The highest BCUT2D eigenvalue weighted by Gasteiger charge is 2.34. The van der Waals surface area contributed by atoms with Crippen molar-refractivity contribution in [1.29, 1.82) is 0 Å². The van der Waals surface area contributed by atoms with Crippen LogP contribution >= 0.6 is 0 Å². The number of nitrogens with zero attached hydrogens (tertiary/aromatic N) is 2. The molecule has 128 valence electrons. The van der Waals surface area contributed by atoms with Crippen molar-refractivity contribution in [3.05, 3.63) is 65.0 Å². The molecule has 0 fully saturated rings. The quantitative estimate of drug-likeness (QED) is 0.460. The molecule has 2 aromatic rings. The first-order chi connectivity index (χ1) is 12.1.